The van der Waals surface area contributed by atoms with Gasteiger partial charge in [0.2, 0.25) is 5.91 Å². The number of benzene rings is 2. The van der Waals surface area contributed by atoms with Crippen molar-refractivity contribution in [1.82, 2.24) is 4.57 Å². The molecule has 0 atom stereocenters. The van der Waals surface area contributed by atoms with E-state index < -0.39 is 0 Å². The highest BCUT2D eigenvalue weighted by Gasteiger charge is 2.09. The molecule has 0 fully saturated rings. The Morgan fingerprint density at radius 1 is 1.00 bits per heavy atom. The molecule has 0 aliphatic carbocycles. The molecule has 1 heterocycles. The van der Waals surface area contributed by atoms with Crippen LogP contribution in [0.15, 0.2) is 59.6 Å². The third kappa shape index (κ3) is 3.46. The summed E-state index contributed by atoms with van der Waals surface area (Å²) < 4.78 is 2.98. The van der Waals surface area contributed by atoms with E-state index >= 15 is 0 Å². The molecule has 1 amide bonds. The molecular formula is C18H16N2O2S. The molecule has 4 nitrogen and oxygen atoms in total. The molecule has 2 aromatic carbocycles. The van der Waals surface area contributed by atoms with Crippen molar-refractivity contribution in [3.05, 3.63) is 65.0 Å². The predicted molar refractivity (Wildman–Crippen MR) is 91.4 cm³/mol. The number of aryl methyl sites for hydroxylation is 1. The third-order valence-corrected chi connectivity index (χ3v) is 4.71. The number of fused-ring (bicyclic) bond motifs is 1. The zero-order valence-electron chi connectivity index (χ0n) is 12.7. The van der Waals surface area contributed by atoms with E-state index in [4.69, 9.17) is 0 Å². The van der Waals surface area contributed by atoms with E-state index in [0.717, 1.165) is 10.2 Å². The normalized spacial score (nSPS) is 11.8. The molecule has 3 aromatic rings. The topological polar surface area (TPSA) is 51.4 Å². The molecule has 1 aromatic heterocycles. The van der Waals surface area contributed by atoms with Crippen molar-refractivity contribution < 1.29 is 9.59 Å². The van der Waals surface area contributed by atoms with Crippen LogP contribution in [-0.2, 0) is 11.8 Å². The van der Waals surface area contributed by atoms with E-state index in [1.54, 1.807) is 12.1 Å². The SMILES string of the molecule is Cn1c(=NC(=O)CCC(=O)c2ccccc2)sc2ccccc21. The van der Waals surface area contributed by atoms with E-state index in [-0.39, 0.29) is 24.5 Å². The molecule has 0 saturated heterocycles. The maximum atomic E-state index is 12.1. The monoisotopic (exact) mass is 324 g/mol. The van der Waals surface area contributed by atoms with Gasteiger partial charge in [-0.3, -0.25) is 9.59 Å². The van der Waals surface area contributed by atoms with Crippen molar-refractivity contribution in [3.8, 4) is 0 Å². The van der Waals surface area contributed by atoms with Gasteiger partial charge >= 0.3 is 0 Å². The van der Waals surface area contributed by atoms with Crippen LogP contribution in [0.2, 0.25) is 0 Å². The summed E-state index contributed by atoms with van der Waals surface area (Å²) in [7, 11) is 1.89. The van der Waals surface area contributed by atoms with Crippen LogP contribution < -0.4 is 4.80 Å². The Morgan fingerprint density at radius 2 is 1.70 bits per heavy atom. The van der Waals surface area contributed by atoms with Crippen LogP contribution in [0.3, 0.4) is 0 Å². The molecule has 0 radical (unpaired) electrons. The number of carbonyl (C=O) groups is 2. The first-order valence-corrected chi connectivity index (χ1v) is 8.17. The number of hydrogen-bond acceptors (Lipinski definition) is 3. The first-order valence-electron chi connectivity index (χ1n) is 7.35. The Kier molecular flexibility index (Phi) is 4.48. The molecular weight excluding hydrogens is 308 g/mol. The summed E-state index contributed by atoms with van der Waals surface area (Å²) in [6.07, 6.45) is 0.308. The summed E-state index contributed by atoms with van der Waals surface area (Å²) in [5, 5.41) is 0. The van der Waals surface area contributed by atoms with E-state index in [2.05, 4.69) is 4.99 Å². The van der Waals surface area contributed by atoms with Crippen LogP contribution in [-0.4, -0.2) is 16.3 Å². The summed E-state index contributed by atoms with van der Waals surface area (Å²) in [4.78, 5) is 28.9. The van der Waals surface area contributed by atoms with Gasteiger partial charge < -0.3 is 4.57 Å². The Hall–Kier alpha value is -2.53. The van der Waals surface area contributed by atoms with Gasteiger partial charge in [0, 0.05) is 25.5 Å². The fraction of sp³-hybridized carbons (Fsp3) is 0.167. The van der Waals surface area contributed by atoms with Gasteiger partial charge in [-0.1, -0.05) is 53.8 Å². The van der Waals surface area contributed by atoms with E-state index in [1.165, 1.54) is 11.3 Å². The number of amides is 1. The van der Waals surface area contributed by atoms with Crippen LogP contribution >= 0.6 is 11.3 Å². The van der Waals surface area contributed by atoms with E-state index in [1.807, 2.05) is 54.1 Å². The van der Waals surface area contributed by atoms with Gasteiger partial charge in [-0.2, -0.15) is 4.99 Å². The summed E-state index contributed by atoms with van der Waals surface area (Å²) in [5.41, 5.74) is 1.68. The van der Waals surface area contributed by atoms with Crippen molar-refractivity contribution in [2.45, 2.75) is 12.8 Å². The van der Waals surface area contributed by atoms with E-state index in [9.17, 15) is 9.59 Å². The highest BCUT2D eigenvalue weighted by molar-refractivity contribution is 7.16. The second-order valence-corrected chi connectivity index (χ2v) is 6.22. The zero-order chi connectivity index (χ0) is 16.2. The first-order chi connectivity index (χ1) is 11.1. The summed E-state index contributed by atoms with van der Waals surface area (Å²) in [6.45, 7) is 0. The predicted octanol–water partition coefficient (Wildman–Crippen LogP) is 3.33. The molecule has 5 heteroatoms. The summed E-state index contributed by atoms with van der Waals surface area (Å²) >= 11 is 1.47. The smallest absolute Gasteiger partial charge is 0.248 e. The van der Waals surface area contributed by atoms with Gasteiger partial charge in [0.05, 0.1) is 10.2 Å². The number of carbonyl (C=O) groups excluding carboxylic acids is 2. The highest BCUT2D eigenvalue weighted by Crippen LogP contribution is 2.15. The first kappa shape index (κ1) is 15.4. The van der Waals surface area contributed by atoms with Crippen molar-refractivity contribution in [2.75, 3.05) is 0 Å². The molecule has 23 heavy (non-hydrogen) atoms. The standard InChI is InChI=1S/C18H16N2O2S/c1-20-14-9-5-6-10-16(14)23-18(20)19-17(22)12-11-15(21)13-7-3-2-4-8-13/h2-10H,11-12H2,1H3. The lowest BCUT2D eigenvalue weighted by Crippen LogP contribution is -2.13. The van der Waals surface area contributed by atoms with Crippen LogP contribution in [0.1, 0.15) is 23.2 Å². The number of aromatic nitrogens is 1. The number of thiazole rings is 1. The molecule has 3 rings (SSSR count). The van der Waals surface area contributed by atoms with Crippen LogP contribution in [0, 0.1) is 0 Å². The summed E-state index contributed by atoms with van der Waals surface area (Å²) in [5.74, 6) is -0.300. The quantitative estimate of drug-likeness (QED) is 0.691. The number of nitrogens with zero attached hydrogens (tertiary/aromatic N) is 2. The van der Waals surface area contributed by atoms with Gasteiger partial charge in [0.15, 0.2) is 10.6 Å². The average molecular weight is 324 g/mol. The van der Waals surface area contributed by atoms with Crippen molar-refractivity contribution in [2.24, 2.45) is 12.0 Å². The molecule has 0 saturated carbocycles. The minimum atomic E-state index is -0.267. The Bertz CT molecular complexity index is 923. The van der Waals surface area contributed by atoms with Crippen molar-refractivity contribution in [1.29, 1.82) is 0 Å². The fourth-order valence-corrected chi connectivity index (χ4v) is 3.38. The van der Waals surface area contributed by atoms with E-state index in [0.29, 0.717) is 10.4 Å². The Morgan fingerprint density at radius 3 is 2.43 bits per heavy atom. The number of Topliss-reactive ketones (excluding diaryl/α,β-unsaturated/α-hetero) is 1. The van der Waals surface area contributed by atoms with Gasteiger partial charge in [0.1, 0.15) is 0 Å². The molecule has 0 bridgehead atoms. The van der Waals surface area contributed by atoms with Gasteiger partial charge in [0.25, 0.3) is 0 Å². The fourth-order valence-electron chi connectivity index (χ4n) is 2.34. The number of rotatable bonds is 4. The largest absolute Gasteiger partial charge is 0.319 e. The number of hydrogen-bond donors (Lipinski definition) is 0. The molecule has 0 aliphatic heterocycles. The third-order valence-electron chi connectivity index (χ3n) is 3.60. The average Bonchev–Trinajstić information content (AvgIpc) is 2.90. The molecule has 116 valence electrons. The van der Waals surface area contributed by atoms with Gasteiger partial charge in [-0.05, 0) is 12.1 Å². The minimum absolute atomic E-state index is 0.0325. The van der Waals surface area contributed by atoms with Gasteiger partial charge in [-0.25, -0.2) is 0 Å². The molecule has 0 N–H and O–H groups in total. The number of para-hydroxylation sites is 1. The second-order valence-electron chi connectivity index (χ2n) is 5.21. The second kappa shape index (κ2) is 6.71. The zero-order valence-corrected chi connectivity index (χ0v) is 13.5. The molecule has 0 aliphatic rings. The summed E-state index contributed by atoms with van der Waals surface area (Å²) in [6, 6.07) is 16.9. The Labute approximate surface area is 137 Å². The number of ketones is 1. The lowest BCUT2D eigenvalue weighted by Gasteiger charge is -1.98. The van der Waals surface area contributed by atoms with Gasteiger partial charge in [-0.15, -0.1) is 0 Å². The van der Waals surface area contributed by atoms with Crippen molar-refractivity contribution >= 4 is 33.2 Å². The lowest BCUT2D eigenvalue weighted by atomic mass is 10.1. The maximum absolute atomic E-state index is 12.1. The van der Waals surface area contributed by atoms with Crippen LogP contribution in [0.4, 0.5) is 0 Å². The minimum Gasteiger partial charge on any atom is -0.319 e. The van der Waals surface area contributed by atoms with Crippen molar-refractivity contribution in [3.63, 3.8) is 0 Å². The Balaban J connectivity index is 1.73. The molecule has 0 spiro atoms. The maximum Gasteiger partial charge on any atom is 0.248 e. The lowest BCUT2D eigenvalue weighted by molar-refractivity contribution is -0.118. The van der Waals surface area contributed by atoms with Crippen LogP contribution in [0.25, 0.3) is 10.2 Å². The highest BCUT2D eigenvalue weighted by atomic mass is 32.1. The van der Waals surface area contributed by atoms with Crippen LogP contribution in [0.5, 0.6) is 0 Å². The molecule has 0 unspecified atom stereocenters.